The van der Waals surface area contributed by atoms with Crippen LogP contribution in [0.1, 0.15) is 121 Å². The molecule has 0 saturated heterocycles. The molecule has 0 bridgehead atoms. The zero-order valence-electron chi connectivity index (χ0n) is 22.5. The van der Waals surface area contributed by atoms with Gasteiger partial charge in [0.05, 0.1) is 1.37 Å². The third-order valence-corrected chi connectivity index (χ3v) is 5.30. The molecule has 0 aromatic rings. The molecule has 0 aromatic carbocycles. The summed E-state index contributed by atoms with van der Waals surface area (Å²) in [7, 11) is 0. The van der Waals surface area contributed by atoms with Crippen molar-refractivity contribution in [3.05, 3.63) is 69.9 Å². The van der Waals surface area contributed by atoms with Crippen molar-refractivity contribution in [2.24, 2.45) is 0 Å². The molecule has 0 amide bonds. The van der Waals surface area contributed by atoms with Crippen molar-refractivity contribution < 1.29 is 1.37 Å². The first kappa shape index (κ1) is 26.5. The minimum atomic E-state index is 0.790. The van der Waals surface area contributed by atoms with Gasteiger partial charge in [0.2, 0.25) is 0 Å². The third-order valence-electron chi connectivity index (χ3n) is 5.30. The Hall–Kier alpha value is -1.56. The summed E-state index contributed by atoms with van der Waals surface area (Å²) in [6, 6.07) is 0.790. The second-order valence-electron chi connectivity index (χ2n) is 9.35. The molecule has 0 aliphatic carbocycles. The summed E-state index contributed by atoms with van der Waals surface area (Å²) >= 11 is 0. The topological polar surface area (TPSA) is 0 Å². The fourth-order valence-electron chi connectivity index (χ4n) is 3.26. The van der Waals surface area contributed by atoms with Crippen LogP contribution in [0.3, 0.4) is 0 Å². The molecular weight excluding hydrogens is 360 g/mol. The molecule has 0 heterocycles. The third kappa shape index (κ3) is 19.7. The zero-order valence-corrected chi connectivity index (χ0v) is 21.5. The summed E-state index contributed by atoms with van der Waals surface area (Å²) in [4.78, 5) is 0. The van der Waals surface area contributed by atoms with Gasteiger partial charge in [-0.2, -0.15) is 0 Å². The highest BCUT2D eigenvalue weighted by Gasteiger charge is 1.94. The van der Waals surface area contributed by atoms with Crippen LogP contribution in [0.15, 0.2) is 69.9 Å². The molecule has 0 fully saturated rings. The molecule has 0 unspecified atom stereocenters. The number of hydrogen-bond acceptors (Lipinski definition) is 0. The van der Waals surface area contributed by atoms with Crippen molar-refractivity contribution in [1.82, 2.24) is 0 Å². The Labute approximate surface area is 191 Å². The van der Waals surface area contributed by atoms with Crippen LogP contribution >= 0.6 is 0 Å². The van der Waals surface area contributed by atoms with Gasteiger partial charge in [-0.1, -0.05) is 69.9 Å². The Morgan fingerprint density at radius 3 is 1.13 bits per heavy atom. The number of hydrogen-bond donors (Lipinski definition) is 0. The van der Waals surface area contributed by atoms with Crippen LogP contribution in [0.4, 0.5) is 0 Å². The summed E-state index contributed by atoms with van der Waals surface area (Å²) in [6.07, 6.45) is 23.1. The standard InChI is InChI=1S/C30H50/c1-25(2)15-11-19-29(7)23-13-21-27(5)17-9-10-18-28(6)22-14-24-30(8)20-12-16-26(3)4/h15-18,23-24H,9-14,19-22H2,1-8H3/b27-17+,28-18+,29-23+,30-24+/i15T. The Morgan fingerprint density at radius 1 is 0.433 bits per heavy atom. The SMILES string of the molecule is [3H]C(CC/C(C)=C/CC/C(C)=C/CC/C=C(\C)CC/C=C(\C)CCC=C(C)C)=C(C)C. The molecule has 0 atom stereocenters. The van der Waals surface area contributed by atoms with E-state index >= 15 is 0 Å². The lowest BCUT2D eigenvalue weighted by Crippen LogP contribution is -1.82. The van der Waals surface area contributed by atoms with Crippen LogP contribution in [-0.4, -0.2) is 0 Å². The first-order valence-electron chi connectivity index (χ1n) is 12.5. The predicted molar refractivity (Wildman–Crippen MR) is 140 cm³/mol. The van der Waals surface area contributed by atoms with E-state index in [-0.39, 0.29) is 0 Å². The lowest BCUT2D eigenvalue weighted by atomic mass is 10.0. The molecule has 0 nitrogen and oxygen atoms in total. The van der Waals surface area contributed by atoms with Gasteiger partial charge in [-0.05, 0) is 120 Å². The van der Waals surface area contributed by atoms with Crippen molar-refractivity contribution in [3.63, 3.8) is 0 Å². The number of allylic oxidation sites excluding steroid dienone is 12. The van der Waals surface area contributed by atoms with Crippen molar-refractivity contribution in [3.8, 4) is 0 Å². The van der Waals surface area contributed by atoms with E-state index in [1.165, 1.54) is 53.5 Å². The lowest BCUT2D eigenvalue weighted by molar-refractivity contribution is 0.896. The van der Waals surface area contributed by atoms with Gasteiger partial charge >= 0.3 is 0 Å². The molecule has 0 saturated carbocycles. The van der Waals surface area contributed by atoms with E-state index in [1.807, 2.05) is 13.8 Å². The number of rotatable bonds is 15. The largest absolute Gasteiger partial charge is 0.0856 e. The summed E-state index contributed by atoms with van der Waals surface area (Å²) in [5, 5.41) is 0. The predicted octanol–water partition coefficient (Wildman–Crippen LogP) is 10.6. The first-order valence-corrected chi connectivity index (χ1v) is 12.0. The monoisotopic (exact) mass is 412 g/mol. The molecule has 0 aliphatic heterocycles. The first-order chi connectivity index (χ1) is 14.6. The second kappa shape index (κ2) is 18.2. The van der Waals surface area contributed by atoms with E-state index in [9.17, 15) is 0 Å². The van der Waals surface area contributed by atoms with Crippen LogP contribution in [-0.2, 0) is 0 Å². The average Bonchev–Trinajstić information content (AvgIpc) is 2.69. The molecule has 0 aliphatic rings. The second-order valence-corrected chi connectivity index (χ2v) is 9.35. The Balaban J connectivity index is 4.11. The molecule has 0 N–H and O–H groups in total. The van der Waals surface area contributed by atoms with Crippen LogP contribution in [0.25, 0.3) is 0 Å². The van der Waals surface area contributed by atoms with Gasteiger partial charge in [-0.15, -0.1) is 0 Å². The summed E-state index contributed by atoms with van der Waals surface area (Å²) in [6.45, 7) is 17.4. The average molecular weight is 413 g/mol. The van der Waals surface area contributed by atoms with E-state index in [1.54, 1.807) is 0 Å². The quantitative estimate of drug-likeness (QED) is 0.185. The van der Waals surface area contributed by atoms with Gasteiger partial charge in [0, 0.05) is 0 Å². The maximum Gasteiger partial charge on any atom is 0.0575 e. The fraction of sp³-hybridized carbons (Fsp3) is 0.600. The maximum absolute atomic E-state index is 7.92. The molecule has 0 aromatic heterocycles. The molecule has 0 spiro atoms. The molecule has 170 valence electrons. The van der Waals surface area contributed by atoms with Gasteiger partial charge in [0.25, 0.3) is 0 Å². The van der Waals surface area contributed by atoms with E-state index in [0.29, 0.717) is 0 Å². The zero-order chi connectivity index (χ0) is 23.6. The van der Waals surface area contributed by atoms with E-state index < -0.39 is 0 Å². The highest BCUT2D eigenvalue weighted by molar-refractivity contribution is 5.08. The summed E-state index contributed by atoms with van der Waals surface area (Å²) in [5.74, 6) is 0. The van der Waals surface area contributed by atoms with Crippen molar-refractivity contribution in [1.29, 1.82) is 0 Å². The van der Waals surface area contributed by atoms with Gasteiger partial charge in [-0.25, -0.2) is 0 Å². The molecule has 0 heteroatoms. The van der Waals surface area contributed by atoms with E-state index in [4.69, 9.17) is 1.37 Å². The van der Waals surface area contributed by atoms with Crippen LogP contribution < -0.4 is 0 Å². The Kier molecular flexibility index (Phi) is 16.1. The number of unbranched alkanes of at least 4 members (excludes halogenated alkanes) is 1. The van der Waals surface area contributed by atoms with Gasteiger partial charge < -0.3 is 0 Å². The highest BCUT2D eigenvalue weighted by atomic mass is 14.0. The molecule has 0 rings (SSSR count). The Bertz CT molecular complexity index is 684. The van der Waals surface area contributed by atoms with Crippen LogP contribution in [0.5, 0.6) is 0 Å². The van der Waals surface area contributed by atoms with Crippen molar-refractivity contribution >= 4 is 0 Å². The lowest BCUT2D eigenvalue weighted by Gasteiger charge is -2.02. The van der Waals surface area contributed by atoms with Crippen molar-refractivity contribution in [2.45, 2.75) is 120 Å². The normalized spacial score (nSPS) is 13.9. The fourth-order valence-corrected chi connectivity index (χ4v) is 3.26. The van der Waals surface area contributed by atoms with Gasteiger partial charge in [0.15, 0.2) is 0 Å². The summed E-state index contributed by atoms with van der Waals surface area (Å²) in [5.41, 5.74) is 8.50. The molecule has 0 radical (unpaired) electrons. The minimum Gasteiger partial charge on any atom is -0.0856 e. The van der Waals surface area contributed by atoms with Crippen LogP contribution in [0, 0.1) is 0 Å². The van der Waals surface area contributed by atoms with Crippen LogP contribution in [0.2, 0.25) is 0 Å². The maximum atomic E-state index is 7.92. The Morgan fingerprint density at radius 2 is 0.767 bits per heavy atom. The minimum absolute atomic E-state index is 0.790. The van der Waals surface area contributed by atoms with E-state index in [2.05, 4.69) is 71.9 Å². The van der Waals surface area contributed by atoms with Gasteiger partial charge in [0.1, 0.15) is 0 Å². The summed E-state index contributed by atoms with van der Waals surface area (Å²) < 4.78 is 7.92. The van der Waals surface area contributed by atoms with Crippen molar-refractivity contribution in [2.75, 3.05) is 0 Å². The smallest absolute Gasteiger partial charge is 0.0575 e. The molecule has 30 heavy (non-hydrogen) atoms. The highest BCUT2D eigenvalue weighted by Crippen LogP contribution is 2.14. The molecular formula is C30H50. The van der Waals surface area contributed by atoms with E-state index in [0.717, 1.165) is 50.2 Å². The van der Waals surface area contributed by atoms with Gasteiger partial charge in [-0.3, -0.25) is 0 Å².